The monoisotopic (exact) mass is 518 g/mol. The highest BCUT2D eigenvalue weighted by atomic mass is 16.7. The number of hydrogen-bond donors (Lipinski definition) is 1. The number of hydrogen-bond acceptors (Lipinski definition) is 8. The number of rotatable bonds is 8. The van der Waals surface area contributed by atoms with Crippen LogP contribution in [-0.4, -0.2) is 30.9 Å². The fourth-order valence-corrected chi connectivity index (χ4v) is 4.59. The number of pyridine rings is 2. The van der Waals surface area contributed by atoms with Crippen molar-refractivity contribution >= 4 is 28.0 Å². The van der Waals surface area contributed by atoms with Gasteiger partial charge in [-0.2, -0.15) is 0 Å². The molecule has 0 atom stereocenters. The molecule has 0 amide bonds. The number of hydroxylamine groups is 1. The van der Waals surface area contributed by atoms with Crippen molar-refractivity contribution in [2.24, 2.45) is 0 Å². The maximum atomic E-state index is 12.3. The maximum Gasteiger partial charge on any atom is 0.393 e. The number of nitrogens with one attached hydrogen (secondary N) is 1. The largest absolute Gasteiger partial charge is 0.457 e. The highest BCUT2D eigenvalue weighted by molar-refractivity contribution is 5.87. The first-order valence-electron chi connectivity index (χ1n) is 12.7. The van der Waals surface area contributed by atoms with Gasteiger partial charge in [0, 0.05) is 22.7 Å². The van der Waals surface area contributed by atoms with Gasteiger partial charge >= 0.3 is 5.97 Å². The number of benzene rings is 2. The zero-order valence-corrected chi connectivity index (χ0v) is 21.6. The van der Waals surface area contributed by atoms with E-state index in [1.165, 1.54) is 6.26 Å². The third-order valence-corrected chi connectivity index (χ3v) is 6.74. The van der Waals surface area contributed by atoms with Gasteiger partial charge in [0.25, 0.3) is 0 Å². The molecule has 9 nitrogen and oxygen atoms in total. The van der Waals surface area contributed by atoms with E-state index in [9.17, 15) is 4.79 Å². The summed E-state index contributed by atoms with van der Waals surface area (Å²) in [7, 11) is 0. The Kier molecular flexibility index (Phi) is 6.56. The number of nitrogens with zero attached hydrogens (tertiary/aromatic N) is 5. The predicted octanol–water partition coefficient (Wildman–Crippen LogP) is 5.42. The van der Waals surface area contributed by atoms with Gasteiger partial charge in [0.05, 0.1) is 30.6 Å². The average molecular weight is 519 g/mol. The van der Waals surface area contributed by atoms with Crippen molar-refractivity contribution in [1.29, 1.82) is 0 Å². The Balaban J connectivity index is 1.17. The molecule has 2 aromatic carbocycles. The lowest BCUT2D eigenvalue weighted by atomic mass is 10.0. The zero-order chi connectivity index (χ0) is 26.8. The molecule has 1 N–H and O–H groups in total. The van der Waals surface area contributed by atoms with Crippen LogP contribution in [0, 0.1) is 6.92 Å². The standard InChI is InChI=1S/C30H26N6O3/c1-3-21-12-14-38-28(21)30(37)39-32-17-24-8-7-23(15-19(24)2)26-10-11-27-29(33-26)36(35-34-27)18-20-6-9-25-22(16-20)5-4-13-31-25/h4-16,32H,3,17-18H2,1-2H3. The van der Waals surface area contributed by atoms with Crippen LogP contribution in [0.25, 0.3) is 33.3 Å². The molecule has 4 heterocycles. The summed E-state index contributed by atoms with van der Waals surface area (Å²) >= 11 is 0. The van der Waals surface area contributed by atoms with Gasteiger partial charge in [-0.3, -0.25) is 4.98 Å². The molecule has 9 heteroatoms. The van der Waals surface area contributed by atoms with Crippen LogP contribution in [0.3, 0.4) is 0 Å². The Labute approximate surface area is 224 Å². The third kappa shape index (κ3) is 4.99. The van der Waals surface area contributed by atoms with Gasteiger partial charge in [0.1, 0.15) is 5.52 Å². The van der Waals surface area contributed by atoms with Crippen molar-refractivity contribution in [3.05, 3.63) is 107 Å². The van der Waals surface area contributed by atoms with E-state index in [1.54, 1.807) is 12.3 Å². The minimum Gasteiger partial charge on any atom is -0.457 e. The van der Waals surface area contributed by atoms with Gasteiger partial charge in [0.15, 0.2) is 5.65 Å². The number of carbonyl (C=O) groups excluding carboxylic acids is 1. The van der Waals surface area contributed by atoms with E-state index < -0.39 is 5.97 Å². The molecule has 6 rings (SSSR count). The summed E-state index contributed by atoms with van der Waals surface area (Å²) in [6, 6.07) is 21.9. The first-order valence-corrected chi connectivity index (χ1v) is 12.7. The summed E-state index contributed by atoms with van der Waals surface area (Å²) in [5.41, 5.74) is 10.9. The number of aromatic nitrogens is 5. The molecule has 0 aliphatic carbocycles. The Hall–Kier alpha value is -4.89. The maximum absolute atomic E-state index is 12.3. The molecule has 0 saturated heterocycles. The molecule has 0 bridgehead atoms. The van der Waals surface area contributed by atoms with Gasteiger partial charge in [-0.15, -0.1) is 10.6 Å². The molecule has 6 aromatic rings. The second-order valence-electron chi connectivity index (χ2n) is 9.30. The van der Waals surface area contributed by atoms with Crippen LogP contribution in [0.15, 0.2) is 83.6 Å². The lowest BCUT2D eigenvalue weighted by Gasteiger charge is -2.10. The van der Waals surface area contributed by atoms with Gasteiger partial charge in [0.2, 0.25) is 5.76 Å². The molecule has 0 fully saturated rings. The quantitative estimate of drug-likeness (QED) is 0.266. The summed E-state index contributed by atoms with van der Waals surface area (Å²) in [6.45, 7) is 4.89. The number of fused-ring (bicyclic) bond motifs is 2. The minimum atomic E-state index is -0.533. The summed E-state index contributed by atoms with van der Waals surface area (Å²) in [5, 5.41) is 9.73. The summed E-state index contributed by atoms with van der Waals surface area (Å²) in [4.78, 5) is 26.8. The minimum absolute atomic E-state index is 0.227. The molecule has 0 saturated carbocycles. The SMILES string of the molecule is CCc1ccoc1C(=O)ONCc1ccc(-c2ccc3nnn(Cc4ccc5ncccc5c4)c3n2)cc1C. The lowest BCUT2D eigenvalue weighted by molar-refractivity contribution is 0.0199. The van der Waals surface area contributed by atoms with Crippen molar-refractivity contribution in [2.45, 2.75) is 33.4 Å². The second-order valence-corrected chi connectivity index (χ2v) is 9.30. The Morgan fingerprint density at radius 2 is 1.92 bits per heavy atom. The molecule has 0 unspecified atom stereocenters. The molecule has 0 aliphatic rings. The van der Waals surface area contributed by atoms with Crippen LogP contribution in [0.1, 0.15) is 39.7 Å². The number of carbonyl (C=O) groups is 1. The predicted molar refractivity (Wildman–Crippen MR) is 147 cm³/mol. The van der Waals surface area contributed by atoms with Gasteiger partial charge in [-0.05, 0) is 72.5 Å². The zero-order valence-electron chi connectivity index (χ0n) is 21.6. The average Bonchev–Trinajstić information content (AvgIpc) is 3.61. The van der Waals surface area contributed by atoms with E-state index in [0.29, 0.717) is 19.5 Å². The number of aryl methyl sites for hydroxylation is 2. The molecular formula is C30H26N6O3. The molecule has 0 spiro atoms. The highest BCUT2D eigenvalue weighted by Gasteiger charge is 2.16. The molecular weight excluding hydrogens is 492 g/mol. The fourth-order valence-electron chi connectivity index (χ4n) is 4.59. The molecule has 0 radical (unpaired) electrons. The summed E-state index contributed by atoms with van der Waals surface area (Å²) in [6.07, 6.45) is 3.98. The second kappa shape index (κ2) is 10.5. The van der Waals surface area contributed by atoms with Crippen molar-refractivity contribution in [3.63, 3.8) is 0 Å². The summed E-state index contributed by atoms with van der Waals surface area (Å²) < 4.78 is 7.08. The van der Waals surface area contributed by atoms with E-state index in [4.69, 9.17) is 14.2 Å². The fraction of sp³-hybridized carbons (Fsp3) is 0.167. The van der Waals surface area contributed by atoms with Crippen molar-refractivity contribution < 1.29 is 14.0 Å². The lowest BCUT2D eigenvalue weighted by Crippen LogP contribution is -2.20. The van der Waals surface area contributed by atoms with Crippen molar-refractivity contribution in [2.75, 3.05) is 0 Å². The molecule has 39 heavy (non-hydrogen) atoms. The van der Waals surface area contributed by atoms with E-state index >= 15 is 0 Å². The van der Waals surface area contributed by atoms with Crippen LogP contribution >= 0.6 is 0 Å². The van der Waals surface area contributed by atoms with E-state index in [-0.39, 0.29) is 5.76 Å². The Morgan fingerprint density at radius 3 is 2.79 bits per heavy atom. The van der Waals surface area contributed by atoms with Crippen LogP contribution in [0.5, 0.6) is 0 Å². The summed E-state index contributed by atoms with van der Waals surface area (Å²) in [5.74, 6) is -0.306. The Morgan fingerprint density at radius 1 is 1.03 bits per heavy atom. The smallest absolute Gasteiger partial charge is 0.393 e. The van der Waals surface area contributed by atoms with Crippen LogP contribution in [-0.2, 0) is 24.3 Å². The van der Waals surface area contributed by atoms with Crippen LogP contribution < -0.4 is 5.48 Å². The van der Waals surface area contributed by atoms with E-state index in [1.807, 2.05) is 54.9 Å². The topological polar surface area (TPSA) is 108 Å². The highest BCUT2D eigenvalue weighted by Crippen LogP contribution is 2.24. The molecule has 194 valence electrons. The van der Waals surface area contributed by atoms with Gasteiger partial charge in [-0.1, -0.05) is 36.4 Å². The first-order chi connectivity index (χ1) is 19.1. The van der Waals surface area contributed by atoms with Gasteiger partial charge < -0.3 is 9.25 Å². The molecule has 0 aliphatic heterocycles. The van der Waals surface area contributed by atoms with Crippen molar-refractivity contribution in [1.82, 2.24) is 30.4 Å². The molecule has 4 aromatic heterocycles. The third-order valence-electron chi connectivity index (χ3n) is 6.74. The van der Waals surface area contributed by atoms with Crippen molar-refractivity contribution in [3.8, 4) is 11.3 Å². The van der Waals surface area contributed by atoms with E-state index in [0.717, 1.165) is 55.6 Å². The van der Waals surface area contributed by atoms with Gasteiger partial charge in [-0.25, -0.2) is 14.5 Å². The van der Waals surface area contributed by atoms with Crippen LogP contribution in [0.2, 0.25) is 0 Å². The van der Waals surface area contributed by atoms with Crippen LogP contribution in [0.4, 0.5) is 0 Å². The Bertz CT molecular complexity index is 1810. The first kappa shape index (κ1) is 24.4. The number of furan rings is 1. The van der Waals surface area contributed by atoms with E-state index in [2.05, 4.69) is 45.0 Å². The normalized spacial score (nSPS) is 11.3.